The predicted octanol–water partition coefficient (Wildman–Crippen LogP) is 1.98. The lowest BCUT2D eigenvalue weighted by atomic mass is 10.2. The number of halogens is 1. The van der Waals surface area contributed by atoms with Crippen LogP contribution in [0.1, 0.15) is 17.5 Å². The van der Waals surface area contributed by atoms with Crippen LogP contribution in [0, 0.1) is 0 Å². The number of aliphatic carboxylic acids is 1. The van der Waals surface area contributed by atoms with Gasteiger partial charge in [-0.05, 0) is 18.2 Å². The molecule has 1 N–H and O–H groups in total. The molecule has 2 aromatic rings. The average Bonchev–Trinajstić information content (AvgIpc) is 3.00. The summed E-state index contributed by atoms with van der Waals surface area (Å²) in [6.07, 6.45) is 1.12. The fourth-order valence-corrected chi connectivity index (χ4v) is 3.47. The van der Waals surface area contributed by atoms with Gasteiger partial charge in [-0.1, -0.05) is 53.7 Å². The zero-order valence-corrected chi connectivity index (χ0v) is 16.1. The van der Waals surface area contributed by atoms with Crippen LogP contribution < -0.4 is 15.2 Å². The summed E-state index contributed by atoms with van der Waals surface area (Å²) in [6, 6.07) is 14.7. The second kappa shape index (κ2) is 9.38. The summed E-state index contributed by atoms with van der Waals surface area (Å²) >= 11 is 7.14. The minimum atomic E-state index is -1.29. The molecule has 3 rings (SSSR count). The lowest BCUT2D eigenvalue weighted by Crippen LogP contribution is -2.31. The Hall–Kier alpha value is -2.84. The number of nitrogens with zero attached hydrogens (tertiary/aromatic N) is 2. The van der Waals surface area contributed by atoms with E-state index in [1.54, 1.807) is 12.1 Å². The number of carboxylic acid groups (broad SMARTS) is 1. The molecule has 1 aliphatic heterocycles. The summed E-state index contributed by atoms with van der Waals surface area (Å²) in [5.74, 6) is -1.11. The SMILES string of the molecule is O=C([O-])C[C@@H]1S/C(=N\N=C/c2ccccc2OCc2ccccc2Cl)NC1=O. The number of carbonyl (C=O) groups is 2. The van der Waals surface area contributed by atoms with Crippen molar-refractivity contribution in [3.8, 4) is 5.75 Å². The third-order valence-electron chi connectivity index (χ3n) is 3.73. The Labute approximate surface area is 170 Å². The van der Waals surface area contributed by atoms with Crippen molar-refractivity contribution in [3.05, 3.63) is 64.7 Å². The maximum atomic E-state index is 11.7. The summed E-state index contributed by atoms with van der Waals surface area (Å²) in [5.41, 5.74) is 1.56. The highest BCUT2D eigenvalue weighted by Crippen LogP contribution is 2.23. The van der Waals surface area contributed by atoms with Crippen LogP contribution in [0.5, 0.6) is 5.75 Å². The highest BCUT2D eigenvalue weighted by Gasteiger charge is 2.30. The quantitative estimate of drug-likeness (QED) is 0.549. The smallest absolute Gasteiger partial charge is 0.239 e. The molecule has 1 amide bonds. The zero-order valence-electron chi connectivity index (χ0n) is 14.5. The molecule has 0 saturated carbocycles. The number of para-hydroxylation sites is 1. The first-order valence-corrected chi connectivity index (χ1v) is 9.52. The predicted molar refractivity (Wildman–Crippen MR) is 106 cm³/mol. The summed E-state index contributed by atoms with van der Waals surface area (Å²) < 4.78 is 5.83. The Balaban J connectivity index is 1.65. The van der Waals surface area contributed by atoms with E-state index in [1.807, 2.05) is 36.4 Å². The molecular formula is C19H15ClN3O4S-. The first kappa shape index (κ1) is 19.9. The van der Waals surface area contributed by atoms with Gasteiger partial charge in [0.1, 0.15) is 12.4 Å². The number of rotatable bonds is 7. The van der Waals surface area contributed by atoms with Crippen molar-refractivity contribution in [2.45, 2.75) is 18.3 Å². The minimum Gasteiger partial charge on any atom is -0.550 e. The number of amides is 1. The van der Waals surface area contributed by atoms with Gasteiger partial charge >= 0.3 is 0 Å². The Morgan fingerprint density at radius 1 is 1.25 bits per heavy atom. The number of carboxylic acids is 1. The molecule has 2 aromatic carbocycles. The number of benzene rings is 2. The van der Waals surface area contributed by atoms with E-state index in [9.17, 15) is 14.7 Å². The molecule has 1 atom stereocenters. The summed E-state index contributed by atoms with van der Waals surface area (Å²) in [6.45, 7) is 0.301. The monoisotopic (exact) mass is 416 g/mol. The van der Waals surface area contributed by atoms with Crippen molar-refractivity contribution in [1.82, 2.24) is 5.32 Å². The highest BCUT2D eigenvalue weighted by molar-refractivity contribution is 8.15. The van der Waals surface area contributed by atoms with Crippen molar-refractivity contribution in [2.75, 3.05) is 0 Å². The van der Waals surface area contributed by atoms with E-state index in [0.29, 0.717) is 22.9 Å². The first-order chi connectivity index (χ1) is 13.5. The first-order valence-electron chi connectivity index (χ1n) is 8.26. The number of amidine groups is 1. The molecule has 0 aromatic heterocycles. The third-order valence-corrected chi connectivity index (χ3v) is 5.17. The number of hydrogen-bond donors (Lipinski definition) is 1. The standard InChI is InChI=1S/C19H16ClN3O4S/c20-14-7-3-1-6-13(14)11-27-15-8-4-2-5-12(15)10-21-23-19-22-18(26)16(28-19)9-17(24)25/h1-8,10,16H,9,11H2,(H,24,25)(H,22,23,26)/p-1/b21-10-/t16-/m0/s1. The van der Waals surface area contributed by atoms with Crippen LogP contribution in [-0.4, -0.2) is 28.5 Å². The Kier molecular flexibility index (Phi) is 6.67. The molecule has 0 spiro atoms. The van der Waals surface area contributed by atoms with Crippen LogP contribution in [0.3, 0.4) is 0 Å². The van der Waals surface area contributed by atoms with Crippen molar-refractivity contribution in [1.29, 1.82) is 0 Å². The Bertz CT molecular complexity index is 948. The van der Waals surface area contributed by atoms with Crippen molar-refractivity contribution in [2.24, 2.45) is 10.2 Å². The molecule has 1 fully saturated rings. The van der Waals surface area contributed by atoms with Gasteiger partial charge in [-0.15, -0.1) is 5.10 Å². The summed E-state index contributed by atoms with van der Waals surface area (Å²) in [5, 5.41) is 21.1. The number of ether oxygens (including phenoxy) is 1. The topological polar surface area (TPSA) is 103 Å². The molecule has 7 nitrogen and oxygen atoms in total. The maximum Gasteiger partial charge on any atom is 0.239 e. The zero-order chi connectivity index (χ0) is 19.9. The van der Waals surface area contributed by atoms with E-state index in [2.05, 4.69) is 15.5 Å². The number of nitrogens with one attached hydrogen (secondary N) is 1. The van der Waals surface area contributed by atoms with Crippen LogP contribution in [0.15, 0.2) is 58.7 Å². The molecule has 144 valence electrons. The van der Waals surface area contributed by atoms with Gasteiger partial charge in [-0.3, -0.25) is 4.79 Å². The fourth-order valence-electron chi connectivity index (χ4n) is 2.37. The van der Waals surface area contributed by atoms with Crippen LogP contribution in [0.25, 0.3) is 0 Å². The summed E-state index contributed by atoms with van der Waals surface area (Å²) in [7, 11) is 0. The average molecular weight is 417 g/mol. The number of carbonyl (C=O) groups excluding carboxylic acids is 2. The van der Waals surface area contributed by atoms with E-state index in [0.717, 1.165) is 17.3 Å². The second-order valence-corrected chi connectivity index (χ2v) is 7.34. The third kappa shape index (κ3) is 5.34. The highest BCUT2D eigenvalue weighted by atomic mass is 35.5. The molecule has 0 unspecified atom stereocenters. The van der Waals surface area contributed by atoms with Gasteiger partial charge in [0.05, 0.1) is 11.5 Å². The van der Waals surface area contributed by atoms with Crippen molar-refractivity contribution >= 4 is 46.6 Å². The van der Waals surface area contributed by atoms with E-state index in [1.165, 1.54) is 6.21 Å². The van der Waals surface area contributed by atoms with Gasteiger partial charge in [-0.2, -0.15) is 5.10 Å². The molecule has 28 heavy (non-hydrogen) atoms. The molecule has 0 radical (unpaired) electrons. The van der Waals surface area contributed by atoms with Crippen molar-refractivity contribution < 1.29 is 19.4 Å². The van der Waals surface area contributed by atoms with Gasteiger partial charge in [0.25, 0.3) is 0 Å². The molecule has 1 heterocycles. The van der Waals surface area contributed by atoms with Gasteiger partial charge in [0, 0.05) is 28.5 Å². The fraction of sp³-hybridized carbons (Fsp3) is 0.158. The van der Waals surface area contributed by atoms with Gasteiger partial charge < -0.3 is 20.0 Å². The molecule has 9 heteroatoms. The lowest BCUT2D eigenvalue weighted by Gasteiger charge is -2.09. The van der Waals surface area contributed by atoms with Gasteiger partial charge in [0.15, 0.2) is 5.17 Å². The molecule has 0 aliphatic carbocycles. The molecule has 0 bridgehead atoms. The van der Waals surface area contributed by atoms with Crippen LogP contribution in [-0.2, 0) is 16.2 Å². The minimum absolute atomic E-state index is 0.238. The molecule has 1 aliphatic rings. The Morgan fingerprint density at radius 3 is 2.79 bits per heavy atom. The summed E-state index contributed by atoms with van der Waals surface area (Å²) in [4.78, 5) is 22.3. The largest absolute Gasteiger partial charge is 0.550 e. The normalized spacial score (nSPS) is 17.8. The number of thioether (sulfide) groups is 1. The lowest BCUT2D eigenvalue weighted by molar-refractivity contribution is -0.305. The van der Waals surface area contributed by atoms with E-state index >= 15 is 0 Å². The van der Waals surface area contributed by atoms with Crippen LogP contribution in [0.4, 0.5) is 0 Å². The second-order valence-electron chi connectivity index (χ2n) is 5.74. The van der Waals surface area contributed by atoms with E-state index < -0.39 is 17.1 Å². The Morgan fingerprint density at radius 2 is 2.00 bits per heavy atom. The van der Waals surface area contributed by atoms with E-state index in [-0.39, 0.29) is 11.6 Å². The molecular weight excluding hydrogens is 402 g/mol. The van der Waals surface area contributed by atoms with E-state index in [4.69, 9.17) is 16.3 Å². The number of hydrogen-bond acceptors (Lipinski definition) is 7. The molecule has 1 saturated heterocycles. The van der Waals surface area contributed by atoms with Crippen LogP contribution >= 0.6 is 23.4 Å². The van der Waals surface area contributed by atoms with Crippen molar-refractivity contribution in [3.63, 3.8) is 0 Å². The van der Waals surface area contributed by atoms with Crippen LogP contribution in [0.2, 0.25) is 5.02 Å². The van der Waals surface area contributed by atoms with Gasteiger partial charge in [-0.25, -0.2) is 0 Å². The van der Waals surface area contributed by atoms with Gasteiger partial charge in [0.2, 0.25) is 5.91 Å². The maximum absolute atomic E-state index is 11.7.